The fourth-order valence-corrected chi connectivity index (χ4v) is 2.29. The molecule has 0 aliphatic rings. The van der Waals surface area contributed by atoms with Crippen LogP contribution in [0.5, 0.6) is 0 Å². The molecule has 0 fully saturated rings. The van der Waals surface area contributed by atoms with Crippen molar-refractivity contribution in [2.24, 2.45) is 0 Å². The van der Waals surface area contributed by atoms with E-state index < -0.39 is 14.2 Å². The van der Waals surface area contributed by atoms with E-state index in [2.05, 4.69) is 43.2 Å². The van der Waals surface area contributed by atoms with Crippen molar-refractivity contribution in [2.75, 3.05) is 7.11 Å². The third kappa shape index (κ3) is 6.58. The molecule has 19 heavy (non-hydrogen) atoms. The van der Waals surface area contributed by atoms with Gasteiger partial charge in [0.05, 0.1) is 6.10 Å². The second-order valence-electron chi connectivity index (χ2n) is 5.77. The molecule has 2 atom stereocenters. The van der Waals surface area contributed by atoms with Crippen LogP contribution >= 0.6 is 0 Å². The number of hydrogen-bond acceptors (Lipinski definition) is 2. The fourth-order valence-electron chi connectivity index (χ4n) is 1.71. The lowest BCUT2D eigenvalue weighted by molar-refractivity contribution is 0.0185. The highest BCUT2D eigenvalue weighted by atomic mass is 28.3. The highest BCUT2D eigenvalue weighted by Crippen LogP contribution is 2.09. The van der Waals surface area contributed by atoms with E-state index in [0.717, 1.165) is 6.42 Å². The lowest BCUT2D eigenvalue weighted by Crippen LogP contribution is -2.28. The van der Waals surface area contributed by atoms with Crippen LogP contribution in [0.25, 0.3) is 0 Å². The third-order valence-corrected chi connectivity index (χ3v) is 3.66. The number of rotatable bonds is 5. The van der Waals surface area contributed by atoms with Crippen LogP contribution < -0.4 is 0 Å². The molecule has 1 rings (SSSR count). The Morgan fingerprint density at radius 3 is 2.37 bits per heavy atom. The number of ether oxygens (including phenoxy) is 1. The van der Waals surface area contributed by atoms with E-state index in [1.165, 1.54) is 5.56 Å². The van der Waals surface area contributed by atoms with Gasteiger partial charge in [0.25, 0.3) is 0 Å². The largest absolute Gasteiger partial charge is 0.389 e. The van der Waals surface area contributed by atoms with Gasteiger partial charge in [-0.15, -0.1) is 5.54 Å². The molecule has 0 aromatic heterocycles. The fraction of sp³-hybridized carbons (Fsp3) is 0.500. The molecule has 0 radical (unpaired) electrons. The summed E-state index contributed by atoms with van der Waals surface area (Å²) in [5.74, 6) is 3.08. The van der Waals surface area contributed by atoms with Gasteiger partial charge in [-0.05, 0) is 18.4 Å². The topological polar surface area (TPSA) is 29.5 Å². The van der Waals surface area contributed by atoms with Gasteiger partial charge < -0.3 is 9.84 Å². The molecular formula is C16H24O2Si. The minimum Gasteiger partial charge on any atom is -0.389 e. The molecule has 0 aliphatic carbocycles. The molecule has 0 amide bonds. The van der Waals surface area contributed by atoms with Crippen molar-refractivity contribution in [2.45, 2.75) is 44.7 Å². The monoisotopic (exact) mass is 276 g/mol. The molecule has 1 aromatic rings. The van der Waals surface area contributed by atoms with Gasteiger partial charge in [-0.2, -0.15) is 0 Å². The smallest absolute Gasteiger partial charge is 0.142 e. The normalized spacial score (nSPS) is 14.4. The molecule has 0 saturated carbocycles. The zero-order valence-corrected chi connectivity index (χ0v) is 13.3. The maximum Gasteiger partial charge on any atom is 0.142 e. The summed E-state index contributed by atoms with van der Waals surface area (Å²) >= 11 is 0. The van der Waals surface area contributed by atoms with Crippen LogP contribution in [0.15, 0.2) is 30.3 Å². The molecule has 0 bridgehead atoms. The van der Waals surface area contributed by atoms with E-state index in [4.69, 9.17) is 4.74 Å². The van der Waals surface area contributed by atoms with Gasteiger partial charge in [-0.1, -0.05) is 55.9 Å². The summed E-state index contributed by atoms with van der Waals surface area (Å²) in [5, 5.41) is 10.2. The summed E-state index contributed by atoms with van der Waals surface area (Å²) in [6.45, 7) is 6.55. The Bertz CT molecular complexity index is 426. The van der Waals surface area contributed by atoms with Crippen LogP contribution in [0.2, 0.25) is 19.6 Å². The molecule has 0 unspecified atom stereocenters. The lowest BCUT2D eigenvalue weighted by Gasteiger charge is -2.17. The predicted octanol–water partition coefficient (Wildman–Crippen LogP) is 2.88. The number of benzene rings is 1. The summed E-state index contributed by atoms with van der Waals surface area (Å²) in [4.78, 5) is 0. The van der Waals surface area contributed by atoms with Crippen molar-refractivity contribution in [1.82, 2.24) is 0 Å². The number of aliphatic hydroxyl groups is 1. The molecular weight excluding hydrogens is 252 g/mol. The lowest BCUT2D eigenvalue weighted by atomic mass is 10.0. The van der Waals surface area contributed by atoms with Gasteiger partial charge in [-0.25, -0.2) is 0 Å². The van der Waals surface area contributed by atoms with Crippen molar-refractivity contribution < 1.29 is 9.84 Å². The highest BCUT2D eigenvalue weighted by molar-refractivity contribution is 6.83. The van der Waals surface area contributed by atoms with Crippen LogP contribution in [0.3, 0.4) is 0 Å². The van der Waals surface area contributed by atoms with Crippen LogP contribution in [-0.2, 0) is 11.2 Å². The van der Waals surface area contributed by atoms with Gasteiger partial charge in [0.15, 0.2) is 0 Å². The van der Waals surface area contributed by atoms with E-state index in [-0.39, 0.29) is 6.10 Å². The van der Waals surface area contributed by atoms with Crippen LogP contribution in [0, 0.1) is 11.5 Å². The van der Waals surface area contributed by atoms with Gasteiger partial charge in [0.2, 0.25) is 0 Å². The minimum absolute atomic E-state index is 0.379. The van der Waals surface area contributed by atoms with Crippen molar-refractivity contribution in [3.63, 3.8) is 0 Å². The van der Waals surface area contributed by atoms with Crippen LogP contribution in [-0.4, -0.2) is 32.5 Å². The first-order chi connectivity index (χ1) is 8.92. The number of aliphatic hydroxyl groups excluding tert-OH is 1. The van der Waals surface area contributed by atoms with E-state index in [9.17, 15) is 5.11 Å². The summed E-state index contributed by atoms with van der Waals surface area (Å²) < 4.78 is 5.29. The SMILES string of the molecule is CO[C@H](C#C[Si](C)(C)C)[C@@H](O)CCc1ccccc1. The van der Waals surface area contributed by atoms with Crippen molar-refractivity contribution in [3.8, 4) is 11.5 Å². The Labute approximate surface area is 117 Å². The summed E-state index contributed by atoms with van der Waals surface area (Å²) in [6, 6.07) is 10.2. The Morgan fingerprint density at radius 1 is 1.21 bits per heavy atom. The molecule has 2 nitrogen and oxygen atoms in total. The van der Waals surface area contributed by atoms with Crippen LogP contribution in [0.1, 0.15) is 12.0 Å². The molecule has 0 spiro atoms. The molecule has 0 heterocycles. The van der Waals surface area contributed by atoms with Crippen molar-refractivity contribution in [3.05, 3.63) is 35.9 Å². The first-order valence-corrected chi connectivity index (χ1v) is 10.2. The average Bonchev–Trinajstić information content (AvgIpc) is 2.37. The zero-order valence-electron chi connectivity index (χ0n) is 12.3. The zero-order chi connectivity index (χ0) is 14.3. The van der Waals surface area contributed by atoms with Gasteiger partial charge in [-0.3, -0.25) is 0 Å². The van der Waals surface area contributed by atoms with Gasteiger partial charge in [0.1, 0.15) is 14.2 Å². The van der Waals surface area contributed by atoms with Gasteiger partial charge in [0, 0.05) is 7.11 Å². The summed E-state index contributed by atoms with van der Waals surface area (Å²) in [5.41, 5.74) is 4.49. The number of aryl methyl sites for hydroxylation is 1. The second-order valence-corrected chi connectivity index (χ2v) is 10.5. The number of methoxy groups -OCH3 is 1. The first-order valence-electron chi connectivity index (χ1n) is 6.70. The summed E-state index contributed by atoms with van der Waals surface area (Å²) in [7, 11) is 0.185. The van der Waals surface area contributed by atoms with E-state index in [0.29, 0.717) is 6.42 Å². The maximum atomic E-state index is 10.2. The molecule has 1 aromatic carbocycles. The molecule has 104 valence electrons. The van der Waals surface area contributed by atoms with Crippen LogP contribution in [0.4, 0.5) is 0 Å². The maximum absolute atomic E-state index is 10.2. The van der Waals surface area contributed by atoms with E-state index in [1.54, 1.807) is 7.11 Å². The van der Waals surface area contributed by atoms with E-state index in [1.807, 2.05) is 18.2 Å². The average molecular weight is 276 g/mol. The first kappa shape index (κ1) is 16.0. The summed E-state index contributed by atoms with van der Waals surface area (Å²) in [6.07, 6.45) is 0.601. The second kappa shape index (κ2) is 7.49. The predicted molar refractivity (Wildman–Crippen MR) is 82.7 cm³/mol. The molecule has 0 aliphatic heterocycles. The van der Waals surface area contributed by atoms with Gasteiger partial charge >= 0.3 is 0 Å². The third-order valence-electron chi connectivity index (χ3n) is 2.76. The molecule has 3 heteroatoms. The Morgan fingerprint density at radius 2 is 1.84 bits per heavy atom. The Kier molecular flexibility index (Phi) is 6.30. The quantitative estimate of drug-likeness (QED) is 0.662. The Balaban J connectivity index is 2.54. The highest BCUT2D eigenvalue weighted by Gasteiger charge is 2.17. The Hall–Kier alpha value is -1.08. The molecule has 0 saturated heterocycles. The van der Waals surface area contributed by atoms with E-state index >= 15 is 0 Å². The van der Waals surface area contributed by atoms with Crippen molar-refractivity contribution in [1.29, 1.82) is 0 Å². The minimum atomic E-state index is -1.42. The molecule has 1 N–H and O–H groups in total. The van der Waals surface area contributed by atoms with Crippen molar-refractivity contribution >= 4 is 8.07 Å². The number of hydrogen-bond donors (Lipinski definition) is 1. The standard InChI is InChI=1S/C16H24O2Si/c1-18-16(12-13-19(2,3)4)15(17)11-10-14-8-6-5-7-9-14/h5-9,15-17H,10-11H2,1-4H3/t15-,16+/m0/s1.